The average Bonchev–Trinajstić information content (AvgIpc) is 3.15. The van der Waals surface area contributed by atoms with Crippen LogP contribution in [0.15, 0.2) is 104 Å². The van der Waals surface area contributed by atoms with Crippen LogP contribution in [0.25, 0.3) is 0 Å². The van der Waals surface area contributed by atoms with E-state index in [9.17, 15) is 19.2 Å². The minimum Gasteiger partial charge on any atom is -0.494 e. The Kier molecular flexibility index (Phi) is 18.0. The molecule has 0 bridgehead atoms. The lowest BCUT2D eigenvalue weighted by Gasteiger charge is -2.19. The van der Waals surface area contributed by atoms with Crippen molar-refractivity contribution in [3.63, 3.8) is 0 Å². The molecule has 0 aromatic heterocycles. The SMILES string of the molecule is C=CC(=O)OCCCCCCOc1ccc(C(=O)OC[C@@H](OC(=O)c2ccc(OCCCCCCOC(=O)C=C)cc2)c2ccccc2)cc1. The van der Waals surface area contributed by atoms with Crippen molar-refractivity contribution in [3.05, 3.63) is 121 Å². The maximum absolute atomic E-state index is 13.1. The second-order valence-corrected chi connectivity index (χ2v) is 11.2. The second-order valence-electron chi connectivity index (χ2n) is 11.2. The van der Waals surface area contributed by atoms with Crippen LogP contribution in [0.3, 0.4) is 0 Å². The molecular weight excluding hydrogens is 640 g/mol. The Balaban J connectivity index is 1.41. The van der Waals surface area contributed by atoms with Crippen LogP contribution in [-0.4, -0.2) is 56.9 Å². The number of ether oxygens (including phenoxy) is 6. The van der Waals surface area contributed by atoms with Crippen LogP contribution >= 0.6 is 0 Å². The quantitative estimate of drug-likeness (QED) is 0.0399. The molecule has 3 rings (SSSR count). The first-order valence-corrected chi connectivity index (χ1v) is 16.9. The monoisotopic (exact) mass is 686 g/mol. The van der Waals surface area contributed by atoms with Crippen molar-refractivity contribution in [1.29, 1.82) is 0 Å². The number of carbonyl (C=O) groups is 4. The fraction of sp³-hybridized carbons (Fsp3) is 0.350. The largest absolute Gasteiger partial charge is 0.494 e. The minimum atomic E-state index is -0.819. The first kappa shape index (κ1) is 39.1. The molecule has 0 unspecified atom stereocenters. The maximum atomic E-state index is 13.1. The first-order chi connectivity index (χ1) is 24.4. The van der Waals surface area contributed by atoms with Crippen molar-refractivity contribution in [2.75, 3.05) is 33.0 Å². The number of hydrogen-bond donors (Lipinski definition) is 0. The molecule has 0 aliphatic heterocycles. The maximum Gasteiger partial charge on any atom is 0.338 e. The molecule has 0 saturated heterocycles. The van der Waals surface area contributed by atoms with Gasteiger partial charge in [0.25, 0.3) is 0 Å². The van der Waals surface area contributed by atoms with E-state index < -0.39 is 30.0 Å². The molecule has 10 nitrogen and oxygen atoms in total. The van der Waals surface area contributed by atoms with Gasteiger partial charge in [0.1, 0.15) is 18.1 Å². The molecule has 0 fully saturated rings. The van der Waals surface area contributed by atoms with Crippen LogP contribution < -0.4 is 9.47 Å². The predicted molar refractivity (Wildman–Crippen MR) is 188 cm³/mol. The Bertz CT molecular complexity index is 1480. The summed E-state index contributed by atoms with van der Waals surface area (Å²) in [7, 11) is 0. The summed E-state index contributed by atoms with van der Waals surface area (Å²) in [6.45, 7) is 8.37. The van der Waals surface area contributed by atoms with Gasteiger partial charge in [-0.3, -0.25) is 0 Å². The van der Waals surface area contributed by atoms with Gasteiger partial charge in [-0.25, -0.2) is 19.2 Å². The number of esters is 4. The third-order valence-corrected chi connectivity index (χ3v) is 7.40. The highest BCUT2D eigenvalue weighted by atomic mass is 16.6. The molecule has 0 N–H and O–H groups in total. The summed E-state index contributed by atoms with van der Waals surface area (Å²) in [6.07, 6.45) is 8.44. The highest BCUT2D eigenvalue weighted by molar-refractivity contribution is 5.90. The lowest BCUT2D eigenvalue weighted by atomic mass is 10.1. The summed E-state index contributed by atoms with van der Waals surface area (Å²) < 4.78 is 32.8. The van der Waals surface area contributed by atoms with E-state index in [-0.39, 0.29) is 6.61 Å². The number of benzene rings is 3. The zero-order valence-corrected chi connectivity index (χ0v) is 28.4. The fourth-order valence-electron chi connectivity index (χ4n) is 4.63. The van der Waals surface area contributed by atoms with E-state index >= 15 is 0 Å². The van der Waals surface area contributed by atoms with E-state index in [4.69, 9.17) is 28.4 Å². The lowest BCUT2D eigenvalue weighted by molar-refractivity contribution is -0.138. The van der Waals surface area contributed by atoms with Crippen LogP contribution in [0.2, 0.25) is 0 Å². The number of rotatable bonds is 24. The molecule has 0 aliphatic rings. The Hall–Kier alpha value is -5.38. The van der Waals surface area contributed by atoms with Crippen molar-refractivity contribution in [3.8, 4) is 11.5 Å². The van der Waals surface area contributed by atoms with Gasteiger partial charge < -0.3 is 28.4 Å². The Morgan fingerprint density at radius 3 is 1.42 bits per heavy atom. The smallest absolute Gasteiger partial charge is 0.338 e. The summed E-state index contributed by atoms with van der Waals surface area (Å²) in [5.41, 5.74) is 1.37. The molecule has 3 aromatic carbocycles. The zero-order valence-electron chi connectivity index (χ0n) is 28.4. The van der Waals surface area contributed by atoms with Crippen LogP contribution in [-0.2, 0) is 28.5 Å². The predicted octanol–water partition coefficient (Wildman–Crippen LogP) is 7.78. The topological polar surface area (TPSA) is 124 Å². The van der Waals surface area contributed by atoms with E-state index in [1.807, 2.05) is 18.2 Å². The van der Waals surface area contributed by atoms with E-state index in [0.717, 1.165) is 63.5 Å². The molecule has 0 heterocycles. The minimum absolute atomic E-state index is 0.169. The average molecular weight is 687 g/mol. The van der Waals surface area contributed by atoms with E-state index in [1.165, 1.54) is 0 Å². The molecule has 0 spiro atoms. The molecule has 0 saturated carbocycles. The molecule has 3 aromatic rings. The van der Waals surface area contributed by atoms with Gasteiger partial charge in [0.15, 0.2) is 6.10 Å². The van der Waals surface area contributed by atoms with Gasteiger partial charge in [-0.15, -0.1) is 0 Å². The van der Waals surface area contributed by atoms with Gasteiger partial charge in [0.05, 0.1) is 37.6 Å². The van der Waals surface area contributed by atoms with Gasteiger partial charge in [0, 0.05) is 12.2 Å². The van der Waals surface area contributed by atoms with Crippen LogP contribution in [0.1, 0.15) is 83.7 Å². The van der Waals surface area contributed by atoms with Crippen molar-refractivity contribution in [2.24, 2.45) is 0 Å². The Labute approximate surface area is 294 Å². The Morgan fingerprint density at radius 2 is 0.960 bits per heavy atom. The number of carbonyl (C=O) groups excluding carboxylic acids is 4. The number of hydrogen-bond acceptors (Lipinski definition) is 10. The molecular formula is C40H46O10. The van der Waals surface area contributed by atoms with Gasteiger partial charge >= 0.3 is 23.9 Å². The molecule has 10 heteroatoms. The van der Waals surface area contributed by atoms with Crippen molar-refractivity contribution < 1.29 is 47.6 Å². The van der Waals surface area contributed by atoms with Gasteiger partial charge in [-0.05, 0) is 105 Å². The second kappa shape index (κ2) is 23.1. The van der Waals surface area contributed by atoms with Gasteiger partial charge in [-0.2, -0.15) is 0 Å². The van der Waals surface area contributed by atoms with Crippen LogP contribution in [0.5, 0.6) is 11.5 Å². The fourth-order valence-corrected chi connectivity index (χ4v) is 4.63. The Morgan fingerprint density at radius 1 is 0.520 bits per heavy atom. The third kappa shape index (κ3) is 15.2. The normalized spacial score (nSPS) is 11.0. The van der Waals surface area contributed by atoms with Crippen molar-refractivity contribution in [2.45, 2.75) is 57.5 Å². The molecule has 0 aliphatic carbocycles. The van der Waals surface area contributed by atoms with Gasteiger partial charge in [-0.1, -0.05) is 43.5 Å². The number of unbranched alkanes of at least 4 members (excludes halogenated alkanes) is 6. The summed E-state index contributed by atoms with van der Waals surface area (Å²) in [4.78, 5) is 48.0. The standard InChI is InChI=1S/C40H46O10/c1-3-37(41)47-28-14-7-5-12-26-45-34-22-18-32(19-23-34)39(43)49-30-36(31-16-10-9-11-17-31)50-40(44)33-20-24-35(25-21-33)46-27-13-6-8-15-29-48-38(42)4-2/h3-4,9-11,16-25,36H,1-2,5-8,12-15,26-30H2/t36-/m1/s1. The highest BCUT2D eigenvalue weighted by Crippen LogP contribution is 2.22. The van der Waals surface area contributed by atoms with E-state index in [1.54, 1.807) is 60.7 Å². The molecule has 266 valence electrons. The molecule has 1 atom stereocenters. The summed E-state index contributed by atoms with van der Waals surface area (Å²) in [5, 5.41) is 0. The summed E-state index contributed by atoms with van der Waals surface area (Å²) in [5.74, 6) is -0.665. The van der Waals surface area contributed by atoms with E-state index in [0.29, 0.717) is 54.6 Å². The molecule has 0 amide bonds. The zero-order chi connectivity index (χ0) is 35.8. The van der Waals surface area contributed by atoms with Gasteiger partial charge in [0.2, 0.25) is 0 Å². The first-order valence-electron chi connectivity index (χ1n) is 16.9. The van der Waals surface area contributed by atoms with E-state index in [2.05, 4.69) is 13.2 Å². The molecule has 50 heavy (non-hydrogen) atoms. The summed E-state index contributed by atoms with van der Waals surface area (Å²) in [6, 6.07) is 22.5. The van der Waals surface area contributed by atoms with Crippen LogP contribution in [0, 0.1) is 0 Å². The summed E-state index contributed by atoms with van der Waals surface area (Å²) >= 11 is 0. The third-order valence-electron chi connectivity index (χ3n) is 7.40. The molecule has 0 radical (unpaired) electrons. The van der Waals surface area contributed by atoms with Crippen molar-refractivity contribution in [1.82, 2.24) is 0 Å². The van der Waals surface area contributed by atoms with Crippen LogP contribution in [0.4, 0.5) is 0 Å². The van der Waals surface area contributed by atoms with Crippen molar-refractivity contribution >= 4 is 23.9 Å². The lowest BCUT2D eigenvalue weighted by Crippen LogP contribution is -2.19. The highest BCUT2D eigenvalue weighted by Gasteiger charge is 2.21.